The second-order valence-electron chi connectivity index (χ2n) is 7.04. The molecular formula is C23H31FN4. The molecule has 4 nitrogen and oxygen atoms in total. The third kappa shape index (κ3) is 4.91. The van der Waals surface area contributed by atoms with Gasteiger partial charge in [-0.3, -0.25) is 4.99 Å². The molecule has 0 atom stereocenters. The summed E-state index contributed by atoms with van der Waals surface area (Å²) in [6, 6.07) is 3.84. The first-order valence-electron chi connectivity index (χ1n) is 9.62. The van der Waals surface area contributed by atoms with Crippen LogP contribution in [0.25, 0.3) is 0 Å². The van der Waals surface area contributed by atoms with Crippen LogP contribution in [0, 0.1) is 5.82 Å². The van der Waals surface area contributed by atoms with Crippen LogP contribution >= 0.6 is 0 Å². The van der Waals surface area contributed by atoms with Gasteiger partial charge in [-0.15, -0.1) is 0 Å². The molecule has 28 heavy (non-hydrogen) atoms. The highest BCUT2D eigenvalue weighted by atomic mass is 19.1. The van der Waals surface area contributed by atoms with Crippen LogP contribution in [0.1, 0.15) is 55.7 Å². The number of hydrogen-bond donors (Lipinski definition) is 2. The average Bonchev–Trinajstić information content (AvgIpc) is 2.63. The van der Waals surface area contributed by atoms with Crippen LogP contribution in [0.4, 0.5) is 4.39 Å². The van der Waals surface area contributed by atoms with Crippen molar-refractivity contribution >= 4 is 5.71 Å². The van der Waals surface area contributed by atoms with E-state index in [1.165, 1.54) is 12.6 Å². The summed E-state index contributed by atoms with van der Waals surface area (Å²) < 4.78 is 15.6. The van der Waals surface area contributed by atoms with Crippen LogP contribution in [-0.4, -0.2) is 17.7 Å². The fourth-order valence-corrected chi connectivity index (χ4v) is 3.23. The SMILES string of the molecule is C=CC(=N/C=C(\C)N)c1ccc(C2CCC2)c(CN/C(=C/C)N(C)C=C)c1F. The Kier molecular flexibility index (Phi) is 7.61. The van der Waals surface area contributed by atoms with Crippen LogP contribution in [0.5, 0.6) is 0 Å². The van der Waals surface area contributed by atoms with Crippen LogP contribution in [0.15, 0.2) is 66.4 Å². The van der Waals surface area contributed by atoms with Gasteiger partial charge >= 0.3 is 0 Å². The van der Waals surface area contributed by atoms with E-state index >= 15 is 4.39 Å². The molecule has 1 aromatic carbocycles. The first-order valence-corrected chi connectivity index (χ1v) is 9.62. The minimum Gasteiger partial charge on any atom is -0.401 e. The zero-order chi connectivity index (χ0) is 20.7. The number of benzene rings is 1. The van der Waals surface area contributed by atoms with E-state index in [2.05, 4.69) is 23.5 Å². The van der Waals surface area contributed by atoms with Gasteiger partial charge in [0.1, 0.15) is 11.6 Å². The molecule has 1 aromatic rings. The van der Waals surface area contributed by atoms with Crippen LogP contribution in [-0.2, 0) is 6.54 Å². The first-order chi connectivity index (χ1) is 13.4. The van der Waals surface area contributed by atoms with Crippen LogP contribution < -0.4 is 11.1 Å². The molecule has 1 fully saturated rings. The van der Waals surface area contributed by atoms with Crippen molar-refractivity contribution in [3.8, 4) is 0 Å². The molecule has 0 aromatic heterocycles. The van der Waals surface area contributed by atoms with E-state index < -0.39 is 0 Å². The van der Waals surface area contributed by atoms with Gasteiger partial charge in [-0.1, -0.05) is 25.6 Å². The number of halogens is 1. The fraction of sp³-hybridized carbons (Fsp3) is 0.348. The summed E-state index contributed by atoms with van der Waals surface area (Å²) in [6.45, 7) is 11.6. The Balaban J connectivity index is 2.45. The van der Waals surface area contributed by atoms with Crippen molar-refractivity contribution in [3.05, 3.63) is 83.9 Å². The van der Waals surface area contributed by atoms with E-state index in [0.717, 1.165) is 24.2 Å². The van der Waals surface area contributed by atoms with Crippen molar-refractivity contribution in [2.45, 2.75) is 45.6 Å². The van der Waals surface area contributed by atoms with Crippen molar-refractivity contribution in [2.24, 2.45) is 10.7 Å². The van der Waals surface area contributed by atoms with Gasteiger partial charge in [0.15, 0.2) is 0 Å². The Morgan fingerprint density at radius 2 is 2.11 bits per heavy atom. The van der Waals surface area contributed by atoms with E-state index in [4.69, 9.17) is 5.73 Å². The van der Waals surface area contributed by atoms with Crippen LogP contribution in [0.2, 0.25) is 0 Å². The average molecular weight is 383 g/mol. The number of rotatable bonds is 9. The number of nitrogens with one attached hydrogen (secondary N) is 1. The molecule has 2 rings (SSSR count). The third-order valence-electron chi connectivity index (χ3n) is 5.07. The molecule has 0 saturated heterocycles. The van der Waals surface area contributed by atoms with Crippen molar-refractivity contribution in [2.75, 3.05) is 7.05 Å². The molecule has 0 bridgehead atoms. The quantitative estimate of drug-likeness (QED) is 0.596. The monoisotopic (exact) mass is 382 g/mol. The Morgan fingerprint density at radius 3 is 2.61 bits per heavy atom. The van der Waals surface area contributed by atoms with Gasteiger partial charge in [-0.25, -0.2) is 4.39 Å². The smallest absolute Gasteiger partial charge is 0.137 e. The summed E-state index contributed by atoms with van der Waals surface area (Å²) in [5.74, 6) is 1.04. The maximum absolute atomic E-state index is 15.6. The predicted octanol–water partition coefficient (Wildman–Crippen LogP) is 4.91. The highest BCUT2D eigenvalue weighted by molar-refractivity contribution is 6.09. The molecule has 5 heteroatoms. The number of hydrogen-bond acceptors (Lipinski definition) is 4. The highest BCUT2D eigenvalue weighted by Crippen LogP contribution is 2.39. The number of aliphatic imine (C=N–C) groups is 1. The molecule has 0 aliphatic heterocycles. The van der Waals surface area contributed by atoms with Gasteiger partial charge in [0.05, 0.1) is 5.71 Å². The van der Waals surface area contributed by atoms with E-state index in [0.29, 0.717) is 35.0 Å². The summed E-state index contributed by atoms with van der Waals surface area (Å²) in [4.78, 5) is 6.17. The lowest BCUT2D eigenvalue weighted by Gasteiger charge is -2.29. The Bertz CT molecular complexity index is 812. The van der Waals surface area contributed by atoms with Gasteiger partial charge in [0, 0.05) is 36.6 Å². The van der Waals surface area contributed by atoms with Crippen molar-refractivity contribution < 1.29 is 4.39 Å². The maximum atomic E-state index is 15.6. The van der Waals surface area contributed by atoms with Crippen LogP contribution in [0.3, 0.4) is 0 Å². The van der Waals surface area contributed by atoms with E-state index in [-0.39, 0.29) is 5.82 Å². The first kappa shape index (κ1) is 21.5. The maximum Gasteiger partial charge on any atom is 0.137 e. The molecule has 0 heterocycles. The lowest BCUT2D eigenvalue weighted by molar-refractivity contribution is 0.412. The summed E-state index contributed by atoms with van der Waals surface area (Å²) in [7, 11) is 1.90. The summed E-state index contributed by atoms with van der Waals surface area (Å²) in [5, 5.41) is 3.33. The van der Waals surface area contributed by atoms with E-state index in [9.17, 15) is 0 Å². The van der Waals surface area contributed by atoms with Gasteiger partial charge in [-0.2, -0.15) is 0 Å². The van der Waals surface area contributed by atoms with E-state index in [1.54, 1.807) is 25.3 Å². The number of allylic oxidation sites excluding steroid dienone is 3. The molecular weight excluding hydrogens is 351 g/mol. The standard InChI is InChI=1S/C23H31FN4/c1-6-21(26-14-16(4)25)19-13-12-18(17-10-9-11-17)20(23(19)24)15-27-22(7-2)28(5)8-3/h6-8,12-14,17,27H,1,3,9-11,15,25H2,2,4-5H3/b16-14+,22-7-,26-21?. The molecule has 0 radical (unpaired) electrons. The minimum atomic E-state index is -0.254. The second-order valence-corrected chi connectivity index (χ2v) is 7.04. The molecule has 1 aliphatic carbocycles. The highest BCUT2D eigenvalue weighted by Gasteiger charge is 2.25. The fourth-order valence-electron chi connectivity index (χ4n) is 3.23. The van der Waals surface area contributed by atoms with Crippen molar-refractivity contribution in [1.82, 2.24) is 10.2 Å². The van der Waals surface area contributed by atoms with Gasteiger partial charge < -0.3 is 16.0 Å². The molecule has 0 unspecified atom stereocenters. The normalized spacial score (nSPS) is 15.8. The summed E-state index contributed by atoms with van der Waals surface area (Å²) in [6.07, 6.45) is 10.1. The Hall–Kier alpha value is -2.82. The minimum absolute atomic E-state index is 0.254. The lowest BCUT2D eigenvalue weighted by Crippen LogP contribution is -2.26. The molecule has 0 amide bonds. The third-order valence-corrected chi connectivity index (χ3v) is 5.07. The van der Waals surface area contributed by atoms with Gasteiger partial charge in [-0.05, 0) is 62.6 Å². The zero-order valence-electron chi connectivity index (χ0n) is 17.1. The Morgan fingerprint density at radius 1 is 1.39 bits per heavy atom. The van der Waals surface area contributed by atoms with Crippen molar-refractivity contribution in [1.29, 1.82) is 0 Å². The molecule has 0 spiro atoms. The lowest BCUT2D eigenvalue weighted by atomic mass is 9.77. The topological polar surface area (TPSA) is 53.6 Å². The summed E-state index contributed by atoms with van der Waals surface area (Å²) in [5.41, 5.74) is 8.88. The van der Waals surface area contributed by atoms with Gasteiger partial charge in [0.25, 0.3) is 0 Å². The molecule has 150 valence electrons. The zero-order valence-corrected chi connectivity index (χ0v) is 17.1. The predicted molar refractivity (Wildman–Crippen MR) is 116 cm³/mol. The number of nitrogens with two attached hydrogens (primary N) is 1. The van der Waals surface area contributed by atoms with Gasteiger partial charge in [0.2, 0.25) is 0 Å². The molecule has 1 saturated carbocycles. The molecule has 1 aliphatic rings. The largest absolute Gasteiger partial charge is 0.401 e. The van der Waals surface area contributed by atoms with E-state index in [1.807, 2.05) is 31.0 Å². The number of nitrogens with zero attached hydrogens (tertiary/aromatic N) is 2. The Labute approximate surface area is 168 Å². The summed E-state index contributed by atoms with van der Waals surface area (Å²) >= 11 is 0. The van der Waals surface area contributed by atoms with Crippen molar-refractivity contribution in [3.63, 3.8) is 0 Å². The molecule has 3 N–H and O–H groups in total. The second kappa shape index (κ2) is 9.93.